The second-order valence-corrected chi connectivity index (χ2v) is 22.9. The van der Waals surface area contributed by atoms with Crippen molar-refractivity contribution < 1.29 is 64.6 Å². The molecule has 14 heteroatoms. The number of amides is 1. The number of aliphatic hydroxyl groups excluding tert-OH is 8. The van der Waals surface area contributed by atoms with E-state index in [4.69, 9.17) is 18.9 Å². The van der Waals surface area contributed by atoms with Gasteiger partial charge in [-0.2, -0.15) is 0 Å². The van der Waals surface area contributed by atoms with Crippen LogP contribution in [0.25, 0.3) is 0 Å². The highest BCUT2D eigenvalue weighted by Gasteiger charge is 2.51. The van der Waals surface area contributed by atoms with Gasteiger partial charge in [0.15, 0.2) is 12.6 Å². The molecule has 9 N–H and O–H groups in total. The van der Waals surface area contributed by atoms with E-state index in [1.165, 1.54) is 199 Å². The monoisotopic (exact) mass is 1100 g/mol. The molecule has 1 amide bonds. The first kappa shape index (κ1) is 71.6. The van der Waals surface area contributed by atoms with Crippen LogP contribution in [0.5, 0.6) is 0 Å². The van der Waals surface area contributed by atoms with Gasteiger partial charge in [-0.05, 0) is 25.7 Å². The summed E-state index contributed by atoms with van der Waals surface area (Å²) in [5.41, 5.74) is 0. The first-order valence-corrected chi connectivity index (χ1v) is 32.1. The number of hydrogen-bond donors (Lipinski definition) is 9. The molecule has 12 atom stereocenters. The van der Waals surface area contributed by atoms with Gasteiger partial charge in [0, 0.05) is 6.42 Å². The van der Waals surface area contributed by atoms with Gasteiger partial charge in [-0.3, -0.25) is 4.79 Å². The number of rotatable bonds is 52. The molecule has 2 aliphatic rings. The number of hydrogen-bond acceptors (Lipinski definition) is 13. The maximum Gasteiger partial charge on any atom is 0.220 e. The Morgan fingerprint density at radius 1 is 0.455 bits per heavy atom. The van der Waals surface area contributed by atoms with E-state index in [0.29, 0.717) is 12.8 Å². The molecule has 0 saturated carbocycles. The molecule has 14 nitrogen and oxygen atoms in total. The van der Waals surface area contributed by atoms with Gasteiger partial charge in [0.05, 0.1) is 32.0 Å². The van der Waals surface area contributed by atoms with Crippen LogP contribution in [0.3, 0.4) is 0 Å². The van der Waals surface area contributed by atoms with E-state index in [9.17, 15) is 45.6 Å². The van der Waals surface area contributed by atoms with Crippen LogP contribution in [0, 0.1) is 0 Å². The van der Waals surface area contributed by atoms with Crippen molar-refractivity contribution in [3.8, 4) is 0 Å². The summed E-state index contributed by atoms with van der Waals surface area (Å²) in [6.45, 7) is 2.72. The van der Waals surface area contributed by atoms with Crippen molar-refractivity contribution in [3.05, 3.63) is 24.3 Å². The topological polar surface area (TPSA) is 228 Å². The van der Waals surface area contributed by atoms with Crippen LogP contribution >= 0.6 is 0 Å². The lowest BCUT2D eigenvalue weighted by Gasteiger charge is -2.46. The zero-order valence-corrected chi connectivity index (χ0v) is 49.0. The Hall–Kier alpha value is -1.53. The SMILES string of the molecule is CCCC/C=C/CC/C=C/C(O)C(COC1OC(CO)C(OC2OC(CO)C(O)C(O)C2O)C(O)C1O)NC(=O)CCCCCCCCCCCCCCCCCCCCCCCCCCCCCCCCCCCCC. The third-order valence-electron chi connectivity index (χ3n) is 15.9. The lowest BCUT2D eigenvalue weighted by Crippen LogP contribution is -2.65. The molecule has 0 spiro atoms. The van der Waals surface area contributed by atoms with Crippen LogP contribution in [-0.2, 0) is 23.7 Å². The Labute approximate surface area is 468 Å². The zero-order chi connectivity index (χ0) is 56.0. The second-order valence-electron chi connectivity index (χ2n) is 22.9. The van der Waals surface area contributed by atoms with E-state index in [0.717, 1.165) is 44.9 Å². The maximum atomic E-state index is 13.2. The fourth-order valence-electron chi connectivity index (χ4n) is 10.7. The highest BCUT2D eigenvalue weighted by atomic mass is 16.7. The van der Waals surface area contributed by atoms with Crippen LogP contribution < -0.4 is 5.32 Å². The third kappa shape index (κ3) is 34.5. The number of carbonyl (C=O) groups excluding carboxylic acids is 1. The van der Waals surface area contributed by atoms with Crippen molar-refractivity contribution in [2.24, 2.45) is 0 Å². The first-order chi connectivity index (χ1) is 37.6. The van der Waals surface area contributed by atoms with E-state index in [1.54, 1.807) is 6.08 Å². The van der Waals surface area contributed by atoms with E-state index in [-0.39, 0.29) is 18.9 Å². The van der Waals surface area contributed by atoms with E-state index >= 15 is 0 Å². The van der Waals surface area contributed by atoms with Crippen molar-refractivity contribution in [2.45, 2.75) is 351 Å². The van der Waals surface area contributed by atoms with Gasteiger partial charge in [-0.25, -0.2) is 0 Å². The molecule has 0 aliphatic carbocycles. The average Bonchev–Trinajstić information content (AvgIpc) is 3.44. The number of allylic oxidation sites excluding steroid dienone is 3. The van der Waals surface area contributed by atoms with E-state index < -0.39 is 86.8 Å². The van der Waals surface area contributed by atoms with Crippen LogP contribution in [0.15, 0.2) is 24.3 Å². The standard InChI is InChI=1S/C63H119NO13/c1-3-5-7-9-11-13-14-15-16-17-18-19-20-21-22-23-24-25-26-27-28-29-30-31-32-33-34-35-36-37-38-39-41-43-45-47-55(68)64-51(52(67)46-44-42-40-12-10-8-6-4-2)50-74-62-60(73)58(71)61(54(49-66)76-62)77-63-59(72)57(70)56(69)53(48-65)75-63/h10,12,44,46,51-54,56-63,65-67,69-73H,3-9,11,13-43,45,47-50H2,1-2H3,(H,64,68)/b12-10+,46-44+. The molecule has 0 bridgehead atoms. The van der Waals surface area contributed by atoms with Gasteiger partial charge < -0.3 is 65.1 Å². The second kappa shape index (κ2) is 49.1. The zero-order valence-electron chi connectivity index (χ0n) is 49.0. The normalized spacial score (nSPS) is 24.8. The average molecular weight is 1100 g/mol. The maximum absolute atomic E-state index is 13.2. The molecule has 0 aromatic heterocycles. The van der Waals surface area contributed by atoms with E-state index in [1.807, 2.05) is 6.08 Å². The minimum atomic E-state index is -1.79. The van der Waals surface area contributed by atoms with Crippen molar-refractivity contribution in [3.63, 3.8) is 0 Å². The van der Waals surface area contributed by atoms with Crippen LogP contribution in [-0.4, -0.2) is 140 Å². The Bertz CT molecular complexity index is 1390. The highest BCUT2D eigenvalue weighted by Crippen LogP contribution is 2.30. The molecule has 2 fully saturated rings. The Morgan fingerprint density at radius 3 is 1.26 bits per heavy atom. The molecule has 454 valence electrons. The summed E-state index contributed by atoms with van der Waals surface area (Å²) in [4.78, 5) is 13.2. The molecule has 2 saturated heterocycles. The minimum absolute atomic E-state index is 0.248. The molecule has 77 heavy (non-hydrogen) atoms. The highest BCUT2D eigenvalue weighted by molar-refractivity contribution is 5.76. The molecule has 2 heterocycles. The number of ether oxygens (including phenoxy) is 4. The van der Waals surface area contributed by atoms with Crippen molar-refractivity contribution in [2.75, 3.05) is 19.8 Å². The number of unbranched alkanes of at least 4 members (excludes halogenated alkanes) is 37. The summed E-state index contributed by atoms with van der Waals surface area (Å²) in [6, 6.07) is -0.925. The molecular weight excluding hydrogens is 979 g/mol. The fourth-order valence-corrected chi connectivity index (χ4v) is 10.7. The molecule has 12 unspecified atom stereocenters. The summed E-state index contributed by atoms with van der Waals surface area (Å²) in [5.74, 6) is -0.248. The van der Waals surface area contributed by atoms with Crippen molar-refractivity contribution >= 4 is 5.91 Å². The summed E-state index contributed by atoms with van der Waals surface area (Å²) in [7, 11) is 0. The van der Waals surface area contributed by atoms with Crippen molar-refractivity contribution in [1.82, 2.24) is 5.32 Å². The van der Waals surface area contributed by atoms with E-state index in [2.05, 4.69) is 31.3 Å². The first-order valence-electron chi connectivity index (χ1n) is 32.1. The summed E-state index contributed by atoms with van der Waals surface area (Å²) in [6.07, 6.45) is 43.1. The van der Waals surface area contributed by atoms with Gasteiger partial charge in [0.2, 0.25) is 5.91 Å². The smallest absolute Gasteiger partial charge is 0.220 e. The van der Waals surface area contributed by atoms with Gasteiger partial charge in [-0.1, -0.05) is 269 Å². The number of aliphatic hydroxyl groups is 8. The van der Waals surface area contributed by atoms with Gasteiger partial charge >= 0.3 is 0 Å². The molecule has 0 radical (unpaired) electrons. The predicted molar refractivity (Wildman–Crippen MR) is 309 cm³/mol. The number of carbonyl (C=O) groups is 1. The minimum Gasteiger partial charge on any atom is -0.394 e. The molecule has 2 rings (SSSR count). The van der Waals surface area contributed by atoms with Crippen molar-refractivity contribution in [1.29, 1.82) is 0 Å². The summed E-state index contributed by atoms with van der Waals surface area (Å²) >= 11 is 0. The van der Waals surface area contributed by atoms with Crippen LogP contribution in [0.4, 0.5) is 0 Å². The molecule has 0 aromatic carbocycles. The molecular formula is C63H119NO13. The van der Waals surface area contributed by atoms with Crippen LogP contribution in [0.1, 0.15) is 277 Å². The van der Waals surface area contributed by atoms with Crippen LogP contribution in [0.2, 0.25) is 0 Å². The predicted octanol–water partition coefficient (Wildman–Crippen LogP) is 11.6. The largest absolute Gasteiger partial charge is 0.394 e. The molecule has 2 aliphatic heterocycles. The Kier molecular flexibility index (Phi) is 45.7. The van der Waals surface area contributed by atoms with Gasteiger partial charge in [0.25, 0.3) is 0 Å². The molecule has 0 aromatic rings. The quantitative estimate of drug-likeness (QED) is 0.0204. The fraction of sp³-hybridized carbons (Fsp3) is 0.921. The lowest BCUT2D eigenvalue weighted by atomic mass is 9.97. The Balaban J connectivity index is 1.53. The summed E-state index contributed by atoms with van der Waals surface area (Å²) in [5, 5.41) is 86.7. The number of nitrogens with one attached hydrogen (secondary N) is 1. The van der Waals surface area contributed by atoms with Gasteiger partial charge in [0.1, 0.15) is 48.8 Å². The Morgan fingerprint density at radius 2 is 0.831 bits per heavy atom. The summed E-state index contributed by atoms with van der Waals surface area (Å²) < 4.78 is 22.7. The third-order valence-corrected chi connectivity index (χ3v) is 15.9. The lowest BCUT2D eigenvalue weighted by molar-refractivity contribution is -0.359. The van der Waals surface area contributed by atoms with Gasteiger partial charge in [-0.15, -0.1) is 0 Å².